The molecule has 33 heavy (non-hydrogen) atoms. The number of hydrogen-bond acceptors (Lipinski definition) is 8. The largest absolute Gasteiger partial charge is 0.507 e. The highest BCUT2D eigenvalue weighted by Crippen LogP contribution is 2.41. The first kappa shape index (κ1) is 21.3. The van der Waals surface area contributed by atoms with E-state index in [1.807, 2.05) is 0 Å². The minimum atomic E-state index is -1.13. The van der Waals surface area contributed by atoms with E-state index in [1.54, 1.807) is 12.1 Å². The average Bonchev–Trinajstić information content (AvgIpc) is 3.09. The molecule has 0 radical (unpaired) electrons. The molecule has 1 amide bonds. The van der Waals surface area contributed by atoms with Gasteiger partial charge in [-0.3, -0.25) is 34.7 Å². The second kappa shape index (κ2) is 8.30. The molecule has 0 bridgehead atoms. The van der Waals surface area contributed by atoms with E-state index < -0.39 is 33.3 Å². The van der Waals surface area contributed by atoms with Crippen molar-refractivity contribution in [3.63, 3.8) is 0 Å². The van der Waals surface area contributed by atoms with Crippen LogP contribution in [0.5, 0.6) is 0 Å². The van der Waals surface area contributed by atoms with Gasteiger partial charge in [-0.25, -0.2) is 4.98 Å². The molecule has 0 saturated carbocycles. The fraction of sp³-hybridized carbons (Fsp3) is 0.0455. The van der Waals surface area contributed by atoms with Crippen molar-refractivity contribution in [3.8, 4) is 0 Å². The van der Waals surface area contributed by atoms with Crippen LogP contribution >= 0.6 is 0 Å². The van der Waals surface area contributed by atoms with Gasteiger partial charge >= 0.3 is 5.91 Å². The standard InChI is InChI=1S/C22H14N4O7/c27-20(14-6-10-16(11-7-14)26(32)33)18-19(13-4-8-15(9-5-13)25(30)31)24(22(29)21(18)28)17-3-1-2-12-23-17/h1-12,19,27H/b20-18+. The topological polar surface area (TPSA) is 157 Å². The van der Waals surface area contributed by atoms with Gasteiger partial charge in [0.25, 0.3) is 17.2 Å². The molecule has 1 aliphatic rings. The van der Waals surface area contributed by atoms with Gasteiger partial charge in [0.05, 0.1) is 21.5 Å². The maximum atomic E-state index is 13.0. The molecule has 1 fully saturated rings. The van der Waals surface area contributed by atoms with E-state index in [9.17, 15) is 34.9 Å². The Hall–Kier alpha value is -4.93. The fourth-order valence-corrected chi connectivity index (χ4v) is 3.56. The molecule has 1 saturated heterocycles. The van der Waals surface area contributed by atoms with Crippen LogP contribution in [0.1, 0.15) is 17.2 Å². The van der Waals surface area contributed by atoms with Gasteiger partial charge in [0.2, 0.25) is 0 Å². The number of Topliss-reactive ketones (excluding diaryl/α,β-unsaturated/α-hetero) is 1. The lowest BCUT2D eigenvalue weighted by Gasteiger charge is -2.24. The third-order valence-electron chi connectivity index (χ3n) is 5.11. The van der Waals surface area contributed by atoms with Crippen molar-refractivity contribution in [1.29, 1.82) is 0 Å². The van der Waals surface area contributed by atoms with E-state index in [4.69, 9.17) is 0 Å². The zero-order valence-corrected chi connectivity index (χ0v) is 16.7. The Morgan fingerprint density at radius 3 is 1.97 bits per heavy atom. The number of benzene rings is 2. The fourth-order valence-electron chi connectivity index (χ4n) is 3.56. The Balaban J connectivity index is 1.90. The molecule has 0 spiro atoms. The third-order valence-corrected chi connectivity index (χ3v) is 5.11. The molecule has 11 nitrogen and oxygen atoms in total. The lowest BCUT2D eigenvalue weighted by Crippen LogP contribution is -2.30. The smallest absolute Gasteiger partial charge is 0.301 e. The zero-order chi connectivity index (χ0) is 23.7. The van der Waals surface area contributed by atoms with Crippen LogP contribution in [-0.2, 0) is 9.59 Å². The molecule has 4 rings (SSSR count). The number of aliphatic hydroxyl groups is 1. The van der Waals surface area contributed by atoms with Crippen molar-refractivity contribution >= 4 is 34.6 Å². The van der Waals surface area contributed by atoms with Crippen LogP contribution in [0.15, 0.2) is 78.5 Å². The predicted molar refractivity (Wildman–Crippen MR) is 115 cm³/mol. The molecule has 2 heterocycles. The van der Waals surface area contributed by atoms with E-state index in [0.29, 0.717) is 5.56 Å². The number of nitro groups is 2. The summed E-state index contributed by atoms with van der Waals surface area (Å²) in [4.78, 5) is 51.9. The highest BCUT2D eigenvalue weighted by molar-refractivity contribution is 6.51. The van der Waals surface area contributed by atoms with E-state index in [-0.39, 0.29) is 28.3 Å². The molecule has 1 N–H and O–H groups in total. The minimum absolute atomic E-state index is 0.0894. The number of rotatable bonds is 5. The molecule has 164 valence electrons. The molecule has 0 aliphatic carbocycles. The SMILES string of the molecule is O=C1C(=O)N(c2ccccn2)C(c2ccc([N+](=O)[O-])cc2)/C1=C(\O)c1ccc([N+](=O)[O-])cc1. The van der Waals surface area contributed by atoms with Gasteiger partial charge in [0, 0.05) is 36.0 Å². The normalized spacial score (nSPS) is 17.2. The van der Waals surface area contributed by atoms with Gasteiger partial charge in [0.15, 0.2) is 0 Å². The van der Waals surface area contributed by atoms with Crippen LogP contribution in [0.4, 0.5) is 17.2 Å². The van der Waals surface area contributed by atoms with Gasteiger partial charge < -0.3 is 5.11 Å². The molecule has 3 aromatic rings. The zero-order valence-electron chi connectivity index (χ0n) is 16.7. The summed E-state index contributed by atoms with van der Waals surface area (Å²) in [5.41, 5.74) is -0.259. The summed E-state index contributed by atoms with van der Waals surface area (Å²) in [5, 5.41) is 32.9. The molecular formula is C22H14N4O7. The minimum Gasteiger partial charge on any atom is -0.507 e. The van der Waals surface area contributed by atoms with Crippen LogP contribution in [0.2, 0.25) is 0 Å². The molecule has 1 unspecified atom stereocenters. The lowest BCUT2D eigenvalue weighted by molar-refractivity contribution is -0.385. The number of hydrogen-bond donors (Lipinski definition) is 1. The first-order chi connectivity index (χ1) is 15.8. The van der Waals surface area contributed by atoms with Crippen molar-refractivity contribution in [1.82, 2.24) is 4.98 Å². The van der Waals surface area contributed by atoms with Gasteiger partial charge in [-0.05, 0) is 42.0 Å². The third kappa shape index (κ3) is 3.78. The summed E-state index contributed by atoms with van der Waals surface area (Å²) in [7, 11) is 0. The predicted octanol–water partition coefficient (Wildman–Crippen LogP) is 3.52. The second-order valence-corrected chi connectivity index (χ2v) is 7.01. The van der Waals surface area contributed by atoms with Crippen LogP contribution in [0, 0.1) is 20.2 Å². The first-order valence-electron chi connectivity index (χ1n) is 9.51. The summed E-state index contributed by atoms with van der Waals surface area (Å²) in [6, 6.07) is 13.7. The molecular weight excluding hydrogens is 432 g/mol. The number of anilines is 1. The second-order valence-electron chi connectivity index (χ2n) is 7.01. The maximum absolute atomic E-state index is 13.0. The van der Waals surface area contributed by atoms with Gasteiger partial charge in [-0.2, -0.15) is 0 Å². The number of carbonyl (C=O) groups is 2. The molecule has 1 aliphatic heterocycles. The van der Waals surface area contributed by atoms with Gasteiger partial charge in [-0.15, -0.1) is 0 Å². The van der Waals surface area contributed by atoms with Crippen LogP contribution in [-0.4, -0.2) is 31.6 Å². The Kier molecular flexibility index (Phi) is 5.36. The monoisotopic (exact) mass is 446 g/mol. The van der Waals surface area contributed by atoms with Crippen molar-refractivity contribution in [2.45, 2.75) is 6.04 Å². The average molecular weight is 446 g/mol. The first-order valence-corrected chi connectivity index (χ1v) is 9.51. The number of carbonyl (C=O) groups excluding carboxylic acids is 2. The van der Waals surface area contributed by atoms with Crippen LogP contribution in [0.3, 0.4) is 0 Å². The number of aromatic nitrogens is 1. The van der Waals surface area contributed by atoms with Gasteiger partial charge in [-0.1, -0.05) is 6.07 Å². The number of non-ortho nitro benzene ring substituents is 2. The molecule has 2 aromatic carbocycles. The summed E-state index contributed by atoms with van der Waals surface area (Å²) in [6.45, 7) is 0. The van der Waals surface area contributed by atoms with Crippen LogP contribution in [0.25, 0.3) is 5.76 Å². The Morgan fingerprint density at radius 2 is 1.45 bits per heavy atom. The van der Waals surface area contributed by atoms with E-state index in [2.05, 4.69) is 4.98 Å². The van der Waals surface area contributed by atoms with E-state index in [0.717, 1.165) is 17.0 Å². The number of nitrogens with zero attached hydrogens (tertiary/aromatic N) is 4. The van der Waals surface area contributed by atoms with E-state index in [1.165, 1.54) is 48.7 Å². The van der Waals surface area contributed by atoms with Crippen LogP contribution < -0.4 is 4.90 Å². The highest BCUT2D eigenvalue weighted by Gasteiger charge is 2.47. The van der Waals surface area contributed by atoms with Gasteiger partial charge in [0.1, 0.15) is 11.6 Å². The molecule has 11 heteroatoms. The number of pyridine rings is 1. The van der Waals surface area contributed by atoms with Crippen molar-refractivity contribution in [2.75, 3.05) is 4.90 Å². The number of nitro benzene ring substituents is 2. The van der Waals surface area contributed by atoms with Crippen molar-refractivity contribution in [3.05, 3.63) is 110 Å². The Bertz CT molecular complexity index is 1300. The quantitative estimate of drug-likeness (QED) is 0.205. The number of aliphatic hydroxyl groups excluding tert-OH is 1. The lowest BCUT2D eigenvalue weighted by atomic mass is 9.95. The van der Waals surface area contributed by atoms with Crippen molar-refractivity contribution in [2.24, 2.45) is 0 Å². The molecule has 1 aromatic heterocycles. The van der Waals surface area contributed by atoms with E-state index >= 15 is 0 Å². The Labute approximate surface area is 185 Å². The maximum Gasteiger partial charge on any atom is 0.301 e. The van der Waals surface area contributed by atoms with Crippen molar-refractivity contribution < 1.29 is 24.5 Å². The summed E-state index contributed by atoms with van der Waals surface area (Å²) < 4.78 is 0. The summed E-state index contributed by atoms with van der Waals surface area (Å²) in [5.74, 6) is -2.32. The highest BCUT2D eigenvalue weighted by atomic mass is 16.6. The number of ketones is 1. The Morgan fingerprint density at radius 1 is 0.879 bits per heavy atom. The summed E-state index contributed by atoms with van der Waals surface area (Å²) >= 11 is 0. The number of amides is 1. The summed E-state index contributed by atoms with van der Waals surface area (Å²) in [6.07, 6.45) is 1.43. The molecule has 1 atom stereocenters.